The normalized spacial score (nSPS) is 11.5. The van der Waals surface area contributed by atoms with E-state index in [4.69, 9.17) is 11.6 Å². The second-order valence-corrected chi connectivity index (χ2v) is 6.58. The molecule has 0 atom stereocenters. The Morgan fingerprint density at radius 3 is 2.58 bits per heavy atom. The van der Waals surface area contributed by atoms with E-state index in [1.807, 2.05) is 18.2 Å². The van der Waals surface area contributed by atoms with Crippen molar-refractivity contribution >= 4 is 17.2 Å². The number of pyridine rings is 1. The Hall–Kier alpha value is -2.17. The summed E-state index contributed by atoms with van der Waals surface area (Å²) in [6.45, 7) is 5.74. The van der Waals surface area contributed by atoms with Crippen LogP contribution in [0.5, 0.6) is 0 Å². The molecule has 24 heavy (non-hydrogen) atoms. The van der Waals surface area contributed by atoms with Gasteiger partial charge in [-0.2, -0.15) is 0 Å². The summed E-state index contributed by atoms with van der Waals surface area (Å²) in [4.78, 5) is 19.2. The maximum atomic E-state index is 12.3. The van der Waals surface area contributed by atoms with Crippen LogP contribution in [-0.2, 0) is 13.1 Å². The van der Waals surface area contributed by atoms with Crippen LogP contribution in [0.3, 0.4) is 0 Å². The van der Waals surface area contributed by atoms with Gasteiger partial charge in [0, 0.05) is 31.4 Å². The quantitative estimate of drug-likeness (QED) is 0.709. The van der Waals surface area contributed by atoms with Crippen molar-refractivity contribution in [1.29, 1.82) is 0 Å². The van der Waals surface area contributed by atoms with E-state index in [2.05, 4.69) is 35.9 Å². The topological polar surface area (TPSA) is 37.6 Å². The molecule has 0 spiro atoms. The summed E-state index contributed by atoms with van der Waals surface area (Å²) >= 11 is 5.95. The zero-order chi connectivity index (χ0) is 17.1. The van der Waals surface area contributed by atoms with Crippen LogP contribution in [0, 0.1) is 0 Å². The molecule has 124 valence electrons. The Balaban J connectivity index is 1.88. The molecule has 3 rings (SSSR count). The molecule has 0 N–H and O–H groups in total. The van der Waals surface area contributed by atoms with Gasteiger partial charge in [-0.05, 0) is 31.5 Å². The van der Waals surface area contributed by atoms with Gasteiger partial charge >= 0.3 is 0 Å². The molecule has 2 aromatic heterocycles. The Labute approximate surface area is 146 Å². The molecule has 0 bridgehead atoms. The fourth-order valence-corrected chi connectivity index (χ4v) is 2.81. The van der Waals surface area contributed by atoms with Crippen LogP contribution in [-0.4, -0.2) is 20.3 Å². The van der Waals surface area contributed by atoms with E-state index >= 15 is 0 Å². The fourth-order valence-electron chi connectivity index (χ4n) is 2.65. The van der Waals surface area contributed by atoms with Crippen LogP contribution in [0.25, 0.3) is 5.65 Å². The largest absolute Gasteiger partial charge is 0.291 e. The molecule has 0 radical (unpaired) electrons. The highest BCUT2D eigenvalue weighted by atomic mass is 35.5. The predicted octanol–water partition coefficient (Wildman–Crippen LogP) is 3.76. The standard InChI is InChI=1S/C19H20ClN3O/c1-14(2)22(11-15-6-4-3-5-7-15)13-17-10-19(24)23-12-16(20)8-9-18(23)21-17/h3-10,12,14H,11,13H2,1-2H3. The van der Waals surface area contributed by atoms with Crippen molar-refractivity contribution < 1.29 is 0 Å². The maximum Gasteiger partial charge on any atom is 0.258 e. The van der Waals surface area contributed by atoms with Crippen LogP contribution in [0.2, 0.25) is 5.02 Å². The maximum absolute atomic E-state index is 12.3. The number of nitrogens with zero attached hydrogens (tertiary/aromatic N) is 3. The molecular weight excluding hydrogens is 322 g/mol. The lowest BCUT2D eigenvalue weighted by Crippen LogP contribution is -2.31. The van der Waals surface area contributed by atoms with Gasteiger partial charge in [0.2, 0.25) is 0 Å². The molecule has 4 nitrogen and oxygen atoms in total. The van der Waals surface area contributed by atoms with E-state index in [0.717, 1.165) is 12.2 Å². The molecule has 3 aromatic rings. The SMILES string of the molecule is CC(C)N(Cc1ccccc1)Cc1cc(=O)n2cc(Cl)ccc2n1. The van der Waals surface area contributed by atoms with Crippen molar-refractivity contribution in [1.82, 2.24) is 14.3 Å². The minimum absolute atomic E-state index is 0.110. The molecule has 0 saturated carbocycles. The lowest BCUT2D eigenvalue weighted by atomic mass is 10.2. The van der Waals surface area contributed by atoms with E-state index in [-0.39, 0.29) is 5.56 Å². The number of benzene rings is 1. The van der Waals surface area contributed by atoms with Gasteiger partial charge in [0.05, 0.1) is 10.7 Å². The third kappa shape index (κ3) is 3.83. The molecule has 5 heteroatoms. The van der Waals surface area contributed by atoms with Gasteiger partial charge in [-0.3, -0.25) is 14.1 Å². The van der Waals surface area contributed by atoms with Crippen molar-refractivity contribution in [2.75, 3.05) is 0 Å². The molecule has 0 aliphatic rings. The van der Waals surface area contributed by atoms with E-state index in [1.54, 1.807) is 24.4 Å². The van der Waals surface area contributed by atoms with Gasteiger partial charge in [-0.15, -0.1) is 0 Å². The predicted molar refractivity (Wildman–Crippen MR) is 97.3 cm³/mol. The number of rotatable bonds is 5. The first kappa shape index (κ1) is 16.7. The Kier molecular flexibility index (Phi) is 4.97. The van der Waals surface area contributed by atoms with Crippen molar-refractivity contribution in [2.45, 2.75) is 33.0 Å². The minimum atomic E-state index is -0.110. The fraction of sp³-hybridized carbons (Fsp3) is 0.263. The lowest BCUT2D eigenvalue weighted by Gasteiger charge is -2.26. The third-order valence-corrected chi connectivity index (χ3v) is 4.22. The van der Waals surface area contributed by atoms with Crippen molar-refractivity contribution in [3.8, 4) is 0 Å². The number of aromatic nitrogens is 2. The van der Waals surface area contributed by atoms with Crippen molar-refractivity contribution in [2.24, 2.45) is 0 Å². The second-order valence-electron chi connectivity index (χ2n) is 6.15. The molecule has 0 fully saturated rings. The summed E-state index contributed by atoms with van der Waals surface area (Å²) < 4.78 is 1.47. The highest BCUT2D eigenvalue weighted by molar-refractivity contribution is 6.30. The Morgan fingerprint density at radius 2 is 1.88 bits per heavy atom. The van der Waals surface area contributed by atoms with Crippen LogP contribution < -0.4 is 5.56 Å². The van der Waals surface area contributed by atoms with E-state index in [9.17, 15) is 4.79 Å². The van der Waals surface area contributed by atoms with Crippen LogP contribution in [0.15, 0.2) is 59.5 Å². The summed E-state index contributed by atoms with van der Waals surface area (Å²) in [5, 5.41) is 0.520. The number of hydrogen-bond donors (Lipinski definition) is 0. The van der Waals surface area contributed by atoms with E-state index in [0.29, 0.717) is 23.3 Å². The molecular formula is C19H20ClN3O. The molecule has 0 unspecified atom stereocenters. The van der Waals surface area contributed by atoms with Gasteiger partial charge in [-0.25, -0.2) is 4.98 Å². The Bertz CT molecular complexity index is 890. The summed E-state index contributed by atoms with van der Waals surface area (Å²) in [5.74, 6) is 0. The first-order valence-corrected chi connectivity index (χ1v) is 8.36. The molecule has 0 aliphatic carbocycles. The van der Waals surface area contributed by atoms with E-state index < -0.39 is 0 Å². The summed E-state index contributed by atoms with van der Waals surface area (Å²) in [7, 11) is 0. The molecule has 1 aromatic carbocycles. The summed E-state index contributed by atoms with van der Waals surface area (Å²) in [6, 6.07) is 15.8. The molecule has 0 saturated heterocycles. The van der Waals surface area contributed by atoms with E-state index in [1.165, 1.54) is 9.96 Å². The Morgan fingerprint density at radius 1 is 1.12 bits per heavy atom. The average Bonchev–Trinajstić information content (AvgIpc) is 2.56. The van der Waals surface area contributed by atoms with Gasteiger partial charge < -0.3 is 0 Å². The highest BCUT2D eigenvalue weighted by Crippen LogP contribution is 2.13. The van der Waals surface area contributed by atoms with Gasteiger partial charge in [0.1, 0.15) is 5.65 Å². The first-order chi connectivity index (χ1) is 11.5. The zero-order valence-electron chi connectivity index (χ0n) is 13.8. The minimum Gasteiger partial charge on any atom is -0.291 e. The first-order valence-electron chi connectivity index (χ1n) is 7.99. The monoisotopic (exact) mass is 341 g/mol. The van der Waals surface area contributed by atoms with Gasteiger partial charge in [0.15, 0.2) is 0 Å². The molecule has 0 amide bonds. The second kappa shape index (κ2) is 7.16. The van der Waals surface area contributed by atoms with Gasteiger partial charge in [0.25, 0.3) is 5.56 Å². The number of fused-ring (bicyclic) bond motifs is 1. The van der Waals surface area contributed by atoms with Crippen LogP contribution >= 0.6 is 11.6 Å². The summed E-state index contributed by atoms with van der Waals surface area (Å²) in [5.41, 5.74) is 2.52. The molecule has 0 aliphatic heterocycles. The average molecular weight is 342 g/mol. The highest BCUT2D eigenvalue weighted by Gasteiger charge is 2.13. The van der Waals surface area contributed by atoms with Crippen molar-refractivity contribution in [3.05, 3.63) is 81.4 Å². The lowest BCUT2D eigenvalue weighted by molar-refractivity contribution is 0.201. The smallest absolute Gasteiger partial charge is 0.258 e. The van der Waals surface area contributed by atoms with Gasteiger partial charge in [-0.1, -0.05) is 41.9 Å². The zero-order valence-corrected chi connectivity index (χ0v) is 14.6. The van der Waals surface area contributed by atoms with Crippen molar-refractivity contribution in [3.63, 3.8) is 0 Å². The molecule has 2 heterocycles. The summed E-state index contributed by atoms with van der Waals surface area (Å²) in [6.07, 6.45) is 1.60. The number of hydrogen-bond acceptors (Lipinski definition) is 3. The number of halogens is 1. The van der Waals surface area contributed by atoms with Crippen LogP contribution in [0.4, 0.5) is 0 Å². The third-order valence-electron chi connectivity index (χ3n) is 4.00. The van der Waals surface area contributed by atoms with Crippen LogP contribution in [0.1, 0.15) is 25.1 Å².